The SMILES string of the molecule is C[C@H]1Oc2ccc(Cl)cc2N(Cc2ccc(C(=O)[O-])cc2)C1=O. The molecule has 5 nitrogen and oxygen atoms in total. The summed E-state index contributed by atoms with van der Waals surface area (Å²) in [6.45, 7) is 1.99. The third-order valence-electron chi connectivity index (χ3n) is 3.66. The van der Waals surface area contributed by atoms with Crippen LogP contribution in [0.1, 0.15) is 22.8 Å². The maximum atomic E-state index is 12.4. The van der Waals surface area contributed by atoms with Crippen LogP contribution in [0.25, 0.3) is 0 Å². The van der Waals surface area contributed by atoms with Crippen LogP contribution in [-0.2, 0) is 11.3 Å². The lowest BCUT2D eigenvalue weighted by Crippen LogP contribution is -2.44. The molecule has 1 atom stereocenters. The lowest BCUT2D eigenvalue weighted by molar-refractivity contribution is -0.255. The first-order valence-corrected chi connectivity index (χ1v) is 7.41. The molecule has 0 aromatic heterocycles. The highest BCUT2D eigenvalue weighted by atomic mass is 35.5. The van der Waals surface area contributed by atoms with E-state index < -0.39 is 12.1 Å². The highest BCUT2D eigenvalue weighted by molar-refractivity contribution is 6.31. The molecule has 2 aromatic carbocycles. The number of hydrogen-bond acceptors (Lipinski definition) is 4. The number of carbonyl (C=O) groups excluding carboxylic acids is 2. The number of nitrogens with zero attached hydrogens (tertiary/aromatic N) is 1. The fourth-order valence-corrected chi connectivity index (χ4v) is 2.64. The summed E-state index contributed by atoms with van der Waals surface area (Å²) in [5.41, 5.74) is 1.49. The van der Waals surface area contributed by atoms with Crippen LogP contribution in [0.5, 0.6) is 5.75 Å². The van der Waals surface area contributed by atoms with Crippen molar-refractivity contribution in [2.24, 2.45) is 0 Å². The minimum absolute atomic E-state index is 0.0962. The molecule has 0 saturated carbocycles. The van der Waals surface area contributed by atoms with E-state index in [4.69, 9.17) is 16.3 Å². The second-order valence-corrected chi connectivity index (χ2v) is 5.72. The van der Waals surface area contributed by atoms with Gasteiger partial charge in [-0.1, -0.05) is 35.9 Å². The molecule has 0 N–H and O–H groups in total. The standard InChI is InChI=1S/C17H14ClNO4/c1-10-16(20)19(14-8-13(18)6-7-15(14)23-10)9-11-2-4-12(5-3-11)17(21)22/h2-8,10H,9H2,1H3,(H,21,22)/p-1/t10-/m1/s1. The van der Waals surface area contributed by atoms with Gasteiger partial charge < -0.3 is 19.5 Å². The molecule has 1 aliphatic rings. The summed E-state index contributed by atoms with van der Waals surface area (Å²) >= 11 is 6.02. The monoisotopic (exact) mass is 330 g/mol. The average molecular weight is 331 g/mol. The van der Waals surface area contributed by atoms with Gasteiger partial charge in [-0.15, -0.1) is 0 Å². The molecule has 0 radical (unpaired) electrons. The fourth-order valence-electron chi connectivity index (χ4n) is 2.47. The topological polar surface area (TPSA) is 69.7 Å². The molecule has 1 heterocycles. The second-order valence-electron chi connectivity index (χ2n) is 5.28. The zero-order valence-corrected chi connectivity index (χ0v) is 13.0. The number of rotatable bonds is 3. The Kier molecular flexibility index (Phi) is 3.96. The van der Waals surface area contributed by atoms with Gasteiger partial charge >= 0.3 is 0 Å². The molecule has 0 fully saturated rings. The van der Waals surface area contributed by atoms with Crippen LogP contribution >= 0.6 is 11.6 Å². The Labute approximate surface area is 138 Å². The molecule has 0 bridgehead atoms. The molecule has 0 aliphatic carbocycles. The number of halogens is 1. The van der Waals surface area contributed by atoms with Gasteiger partial charge in [-0.2, -0.15) is 0 Å². The number of carboxylic acid groups (broad SMARTS) is 1. The number of ether oxygens (including phenoxy) is 1. The van der Waals surface area contributed by atoms with E-state index in [-0.39, 0.29) is 11.5 Å². The van der Waals surface area contributed by atoms with Crippen LogP contribution in [0.3, 0.4) is 0 Å². The van der Waals surface area contributed by atoms with E-state index in [1.165, 1.54) is 12.1 Å². The molecular formula is C17H13ClNO4-. The van der Waals surface area contributed by atoms with Crippen molar-refractivity contribution in [3.05, 3.63) is 58.6 Å². The van der Waals surface area contributed by atoms with Gasteiger partial charge in [0.05, 0.1) is 18.2 Å². The van der Waals surface area contributed by atoms with Crippen LogP contribution in [0, 0.1) is 0 Å². The normalized spacial score (nSPS) is 16.7. The first-order chi connectivity index (χ1) is 11.0. The number of anilines is 1. The van der Waals surface area contributed by atoms with E-state index in [0.29, 0.717) is 23.0 Å². The summed E-state index contributed by atoms with van der Waals surface area (Å²) in [7, 11) is 0. The summed E-state index contributed by atoms with van der Waals surface area (Å²) in [5, 5.41) is 11.3. The van der Waals surface area contributed by atoms with Gasteiger partial charge in [0.1, 0.15) is 5.75 Å². The number of aromatic carboxylic acids is 1. The Morgan fingerprint density at radius 2 is 1.96 bits per heavy atom. The van der Waals surface area contributed by atoms with Crippen LogP contribution in [0.2, 0.25) is 5.02 Å². The van der Waals surface area contributed by atoms with E-state index in [1.54, 1.807) is 42.2 Å². The van der Waals surface area contributed by atoms with Crippen molar-refractivity contribution in [3.63, 3.8) is 0 Å². The fraction of sp³-hybridized carbons (Fsp3) is 0.176. The van der Waals surface area contributed by atoms with Crippen LogP contribution in [0.15, 0.2) is 42.5 Å². The Bertz CT molecular complexity index is 773. The predicted molar refractivity (Wildman–Crippen MR) is 83.5 cm³/mol. The van der Waals surface area contributed by atoms with E-state index in [9.17, 15) is 14.7 Å². The van der Waals surface area contributed by atoms with Gasteiger partial charge in [-0.25, -0.2) is 0 Å². The van der Waals surface area contributed by atoms with Gasteiger partial charge in [-0.3, -0.25) is 4.79 Å². The summed E-state index contributed by atoms with van der Waals surface area (Å²) in [6.07, 6.45) is -0.592. The number of benzene rings is 2. The van der Waals surface area contributed by atoms with Crippen LogP contribution < -0.4 is 14.7 Å². The largest absolute Gasteiger partial charge is 0.545 e. The van der Waals surface area contributed by atoms with Crippen molar-refractivity contribution in [1.29, 1.82) is 0 Å². The lowest BCUT2D eigenvalue weighted by atomic mass is 10.1. The quantitative estimate of drug-likeness (QED) is 0.863. The number of hydrogen-bond donors (Lipinski definition) is 0. The molecule has 2 aromatic rings. The van der Waals surface area contributed by atoms with E-state index in [0.717, 1.165) is 5.56 Å². The summed E-state index contributed by atoms with van der Waals surface area (Å²) in [6, 6.07) is 11.3. The average Bonchev–Trinajstić information content (AvgIpc) is 2.53. The Hall–Kier alpha value is -2.53. The first kappa shape index (κ1) is 15.4. The molecule has 6 heteroatoms. The highest BCUT2D eigenvalue weighted by Crippen LogP contribution is 2.37. The van der Waals surface area contributed by atoms with E-state index >= 15 is 0 Å². The van der Waals surface area contributed by atoms with E-state index in [1.807, 2.05) is 0 Å². The molecule has 1 amide bonds. The number of carbonyl (C=O) groups is 2. The summed E-state index contributed by atoms with van der Waals surface area (Å²) in [4.78, 5) is 24.8. The molecular weight excluding hydrogens is 318 g/mol. The van der Waals surface area contributed by atoms with E-state index in [2.05, 4.69) is 0 Å². The van der Waals surface area contributed by atoms with Gasteiger partial charge in [0.15, 0.2) is 6.10 Å². The van der Waals surface area contributed by atoms with Crippen molar-refractivity contribution in [2.75, 3.05) is 4.90 Å². The molecule has 0 unspecified atom stereocenters. The summed E-state index contributed by atoms with van der Waals surface area (Å²) < 4.78 is 5.58. The number of carboxylic acids is 1. The van der Waals surface area contributed by atoms with Crippen molar-refractivity contribution < 1.29 is 19.4 Å². The Balaban J connectivity index is 1.93. The van der Waals surface area contributed by atoms with Crippen LogP contribution in [0.4, 0.5) is 5.69 Å². The molecule has 0 saturated heterocycles. The first-order valence-electron chi connectivity index (χ1n) is 7.03. The molecule has 118 valence electrons. The third-order valence-corrected chi connectivity index (χ3v) is 3.89. The minimum Gasteiger partial charge on any atom is -0.545 e. The number of amides is 1. The second kappa shape index (κ2) is 5.93. The summed E-state index contributed by atoms with van der Waals surface area (Å²) in [5.74, 6) is -0.818. The van der Waals surface area contributed by atoms with Gasteiger partial charge in [0.25, 0.3) is 5.91 Å². The molecule has 3 rings (SSSR count). The zero-order chi connectivity index (χ0) is 16.6. The maximum Gasteiger partial charge on any atom is 0.268 e. The molecule has 0 spiro atoms. The van der Waals surface area contributed by atoms with Crippen molar-refractivity contribution in [3.8, 4) is 5.75 Å². The van der Waals surface area contributed by atoms with Gasteiger partial charge in [0.2, 0.25) is 0 Å². The van der Waals surface area contributed by atoms with Crippen molar-refractivity contribution in [1.82, 2.24) is 0 Å². The maximum absolute atomic E-state index is 12.4. The van der Waals surface area contributed by atoms with Crippen LogP contribution in [-0.4, -0.2) is 18.0 Å². The third kappa shape index (κ3) is 3.00. The Morgan fingerprint density at radius 3 is 2.61 bits per heavy atom. The van der Waals surface area contributed by atoms with Crippen molar-refractivity contribution >= 4 is 29.2 Å². The minimum atomic E-state index is -1.23. The van der Waals surface area contributed by atoms with Crippen molar-refractivity contribution in [2.45, 2.75) is 19.6 Å². The molecule has 23 heavy (non-hydrogen) atoms. The highest BCUT2D eigenvalue weighted by Gasteiger charge is 2.31. The Morgan fingerprint density at radius 1 is 1.26 bits per heavy atom. The number of fused-ring (bicyclic) bond motifs is 1. The predicted octanol–water partition coefficient (Wildman–Crippen LogP) is 2.02. The smallest absolute Gasteiger partial charge is 0.268 e. The van der Waals surface area contributed by atoms with Gasteiger partial charge in [0, 0.05) is 5.02 Å². The zero-order valence-electron chi connectivity index (χ0n) is 12.3. The van der Waals surface area contributed by atoms with Gasteiger partial charge in [-0.05, 0) is 36.2 Å². The molecule has 1 aliphatic heterocycles. The lowest BCUT2D eigenvalue weighted by Gasteiger charge is -2.33.